The highest BCUT2D eigenvalue weighted by Crippen LogP contribution is 2.52. The summed E-state index contributed by atoms with van der Waals surface area (Å²) in [6, 6.07) is 11.2. The third-order valence-electron chi connectivity index (χ3n) is 5.02. The molecular weight excluding hydrogens is 294 g/mol. The molecule has 1 N–H and O–H groups in total. The van der Waals surface area contributed by atoms with Crippen molar-refractivity contribution in [3.05, 3.63) is 53.1 Å². The summed E-state index contributed by atoms with van der Waals surface area (Å²) in [6.07, 6.45) is 0.815. The van der Waals surface area contributed by atoms with E-state index in [4.69, 9.17) is 9.47 Å². The molecule has 0 bridgehead atoms. The van der Waals surface area contributed by atoms with Crippen LogP contribution in [-0.2, 0) is 10.2 Å². The molecule has 0 fully saturated rings. The van der Waals surface area contributed by atoms with Gasteiger partial charge in [-0.25, -0.2) is 0 Å². The zero-order valence-electron chi connectivity index (χ0n) is 12.2. The first-order valence-electron chi connectivity index (χ1n) is 7.58. The Morgan fingerprint density at radius 2 is 1.78 bits per heavy atom. The van der Waals surface area contributed by atoms with Crippen LogP contribution in [-0.4, -0.2) is 18.5 Å². The fourth-order valence-electron chi connectivity index (χ4n) is 3.93. The Kier molecular flexibility index (Phi) is 2.28. The number of hydrogen-bond acceptors (Lipinski definition) is 4. The standard InChI is InChI=1S/C18H13NO4/c20-14-5-6-18(11-3-1-2-4-13(11)19-17(18)21)12-8-16-15(7-10(12)14)22-9-23-16/h1-4,7-8H,5-6,9H2,(H,19,21). The fraction of sp³-hybridized carbons (Fsp3) is 0.222. The number of ketones is 1. The van der Waals surface area contributed by atoms with Crippen LogP contribution in [0.15, 0.2) is 36.4 Å². The molecule has 0 saturated carbocycles. The number of benzene rings is 2. The summed E-state index contributed by atoms with van der Waals surface area (Å²) >= 11 is 0. The van der Waals surface area contributed by atoms with Gasteiger partial charge in [-0.05, 0) is 35.7 Å². The smallest absolute Gasteiger partial charge is 0.239 e. The van der Waals surface area contributed by atoms with Crippen molar-refractivity contribution < 1.29 is 19.1 Å². The summed E-state index contributed by atoms with van der Waals surface area (Å²) < 4.78 is 10.8. The van der Waals surface area contributed by atoms with Crippen LogP contribution >= 0.6 is 0 Å². The van der Waals surface area contributed by atoms with Gasteiger partial charge in [0.25, 0.3) is 0 Å². The Labute approximate surface area is 132 Å². The van der Waals surface area contributed by atoms with Crippen molar-refractivity contribution >= 4 is 17.4 Å². The van der Waals surface area contributed by atoms with Crippen molar-refractivity contribution in [2.45, 2.75) is 18.3 Å². The van der Waals surface area contributed by atoms with E-state index in [0.29, 0.717) is 29.9 Å². The maximum atomic E-state index is 12.9. The van der Waals surface area contributed by atoms with Crippen molar-refractivity contribution in [2.24, 2.45) is 0 Å². The summed E-state index contributed by atoms with van der Waals surface area (Å²) in [5.74, 6) is 1.13. The summed E-state index contributed by atoms with van der Waals surface area (Å²) in [6.45, 7) is 0.141. The molecule has 1 unspecified atom stereocenters. The van der Waals surface area contributed by atoms with Crippen molar-refractivity contribution in [2.75, 3.05) is 12.1 Å². The van der Waals surface area contributed by atoms with E-state index in [1.807, 2.05) is 24.3 Å². The first kappa shape index (κ1) is 12.7. The molecule has 2 aromatic rings. The van der Waals surface area contributed by atoms with Gasteiger partial charge in [0.1, 0.15) is 5.41 Å². The van der Waals surface area contributed by atoms with Crippen LogP contribution in [0.25, 0.3) is 0 Å². The molecule has 1 spiro atoms. The van der Waals surface area contributed by atoms with Crippen LogP contribution in [0.5, 0.6) is 11.5 Å². The molecule has 114 valence electrons. The second-order valence-corrected chi connectivity index (χ2v) is 6.08. The minimum atomic E-state index is -0.819. The van der Waals surface area contributed by atoms with Crippen LogP contribution in [0.3, 0.4) is 0 Å². The predicted octanol–water partition coefficient (Wildman–Crippen LogP) is 2.63. The van der Waals surface area contributed by atoms with Crippen LogP contribution in [0.4, 0.5) is 5.69 Å². The van der Waals surface area contributed by atoms with Gasteiger partial charge in [0.2, 0.25) is 12.7 Å². The lowest BCUT2D eigenvalue weighted by atomic mass is 9.66. The van der Waals surface area contributed by atoms with Crippen LogP contribution in [0, 0.1) is 0 Å². The molecule has 1 amide bonds. The Bertz CT molecular complexity index is 889. The molecule has 2 aliphatic heterocycles. The zero-order chi connectivity index (χ0) is 15.6. The topological polar surface area (TPSA) is 64.6 Å². The predicted molar refractivity (Wildman–Crippen MR) is 82.0 cm³/mol. The van der Waals surface area contributed by atoms with Gasteiger partial charge in [-0.15, -0.1) is 0 Å². The lowest BCUT2D eigenvalue weighted by molar-refractivity contribution is -0.119. The first-order valence-corrected chi connectivity index (χ1v) is 7.58. The normalized spacial score (nSPS) is 23.7. The molecule has 5 heteroatoms. The lowest BCUT2D eigenvalue weighted by Crippen LogP contribution is -2.40. The van der Waals surface area contributed by atoms with Gasteiger partial charge in [0.15, 0.2) is 17.3 Å². The monoisotopic (exact) mass is 307 g/mol. The van der Waals surface area contributed by atoms with Gasteiger partial charge in [0.05, 0.1) is 0 Å². The molecule has 1 aliphatic carbocycles. The molecule has 2 heterocycles. The maximum Gasteiger partial charge on any atom is 0.239 e. The molecule has 5 rings (SSSR count). The van der Waals surface area contributed by atoms with Gasteiger partial charge in [0, 0.05) is 17.7 Å². The number of anilines is 1. The third-order valence-corrected chi connectivity index (χ3v) is 5.02. The first-order chi connectivity index (χ1) is 11.2. The van der Waals surface area contributed by atoms with Gasteiger partial charge < -0.3 is 14.8 Å². The number of para-hydroxylation sites is 1. The molecule has 3 aliphatic rings. The largest absolute Gasteiger partial charge is 0.454 e. The van der Waals surface area contributed by atoms with Crippen LogP contribution in [0.2, 0.25) is 0 Å². The van der Waals surface area contributed by atoms with E-state index in [1.165, 1.54) is 0 Å². The maximum absolute atomic E-state index is 12.9. The van der Waals surface area contributed by atoms with Crippen LogP contribution in [0.1, 0.15) is 34.3 Å². The summed E-state index contributed by atoms with van der Waals surface area (Å²) in [5.41, 5.74) is 2.21. The third kappa shape index (κ3) is 1.46. The molecular formula is C18H13NO4. The molecule has 2 aromatic carbocycles. The van der Waals surface area contributed by atoms with E-state index in [1.54, 1.807) is 12.1 Å². The minimum absolute atomic E-state index is 0.0427. The molecule has 23 heavy (non-hydrogen) atoms. The van der Waals surface area contributed by atoms with E-state index in [9.17, 15) is 9.59 Å². The lowest BCUT2D eigenvalue weighted by Gasteiger charge is -2.33. The van der Waals surface area contributed by atoms with Gasteiger partial charge >= 0.3 is 0 Å². The number of nitrogens with one attached hydrogen (secondary N) is 1. The number of ether oxygens (including phenoxy) is 2. The number of amides is 1. The highest BCUT2D eigenvalue weighted by Gasteiger charge is 2.52. The Morgan fingerprint density at radius 1 is 1.00 bits per heavy atom. The fourth-order valence-corrected chi connectivity index (χ4v) is 3.93. The number of hydrogen-bond donors (Lipinski definition) is 1. The average molecular weight is 307 g/mol. The summed E-state index contributed by atoms with van der Waals surface area (Å²) in [4.78, 5) is 25.3. The number of fused-ring (bicyclic) bond motifs is 5. The summed E-state index contributed by atoms with van der Waals surface area (Å²) in [5, 5.41) is 2.96. The number of Topliss-reactive ketones (excluding diaryl/α,β-unsaturated/α-hetero) is 1. The van der Waals surface area contributed by atoms with E-state index in [0.717, 1.165) is 16.8 Å². The van der Waals surface area contributed by atoms with Gasteiger partial charge in [-0.1, -0.05) is 18.2 Å². The van der Waals surface area contributed by atoms with Crippen molar-refractivity contribution in [3.63, 3.8) is 0 Å². The second kappa shape index (κ2) is 4.13. The minimum Gasteiger partial charge on any atom is -0.454 e. The SMILES string of the molecule is O=C1CCC2(C(=O)Nc3ccccc32)c2cc3c(cc21)OCO3. The molecule has 1 atom stereocenters. The van der Waals surface area contributed by atoms with E-state index in [-0.39, 0.29) is 18.5 Å². The second-order valence-electron chi connectivity index (χ2n) is 6.08. The summed E-state index contributed by atoms with van der Waals surface area (Å²) in [7, 11) is 0. The molecule has 5 nitrogen and oxygen atoms in total. The zero-order valence-corrected chi connectivity index (χ0v) is 12.2. The molecule has 0 saturated heterocycles. The number of rotatable bonds is 0. The highest BCUT2D eigenvalue weighted by molar-refractivity contribution is 6.13. The van der Waals surface area contributed by atoms with Gasteiger partial charge in [-0.3, -0.25) is 9.59 Å². The Balaban J connectivity index is 1.83. The molecule has 0 radical (unpaired) electrons. The van der Waals surface area contributed by atoms with Crippen molar-refractivity contribution in [1.82, 2.24) is 0 Å². The van der Waals surface area contributed by atoms with E-state index >= 15 is 0 Å². The van der Waals surface area contributed by atoms with Crippen molar-refractivity contribution in [1.29, 1.82) is 0 Å². The number of carbonyl (C=O) groups is 2. The van der Waals surface area contributed by atoms with Gasteiger partial charge in [-0.2, -0.15) is 0 Å². The highest BCUT2D eigenvalue weighted by atomic mass is 16.7. The Hall–Kier alpha value is -2.82. The van der Waals surface area contributed by atoms with Crippen molar-refractivity contribution in [3.8, 4) is 11.5 Å². The average Bonchev–Trinajstić information content (AvgIpc) is 3.12. The van der Waals surface area contributed by atoms with E-state index < -0.39 is 5.41 Å². The van der Waals surface area contributed by atoms with E-state index in [2.05, 4.69) is 5.32 Å². The Morgan fingerprint density at radius 3 is 2.65 bits per heavy atom. The quantitative estimate of drug-likeness (QED) is 0.812. The van der Waals surface area contributed by atoms with Crippen LogP contribution < -0.4 is 14.8 Å². The number of carbonyl (C=O) groups excluding carboxylic acids is 2. The molecule has 0 aromatic heterocycles.